The van der Waals surface area contributed by atoms with Crippen LogP contribution >= 0.6 is 23.2 Å². The quantitative estimate of drug-likeness (QED) is 0.150. The molecular formula is C29H17Cl2F4N3O2. The van der Waals surface area contributed by atoms with Crippen molar-refractivity contribution in [2.45, 2.75) is 12.8 Å². The van der Waals surface area contributed by atoms with Gasteiger partial charge in [0, 0.05) is 11.1 Å². The molecule has 5 rings (SSSR count). The maximum absolute atomic E-state index is 13.9. The molecule has 11 heteroatoms. The number of hydrogen-bond acceptors (Lipinski definition) is 4. The minimum Gasteiger partial charge on any atom is -0.486 e. The van der Waals surface area contributed by atoms with Crippen LogP contribution in [0.25, 0.3) is 22.3 Å². The average molecular weight is 586 g/mol. The number of rotatable bonds is 6. The van der Waals surface area contributed by atoms with Crippen molar-refractivity contribution in [2.24, 2.45) is 5.10 Å². The van der Waals surface area contributed by atoms with E-state index < -0.39 is 23.1 Å². The Balaban J connectivity index is 1.54. The van der Waals surface area contributed by atoms with Gasteiger partial charge in [0.2, 0.25) is 0 Å². The fourth-order valence-electron chi connectivity index (χ4n) is 3.93. The van der Waals surface area contributed by atoms with E-state index in [9.17, 15) is 22.4 Å². The first-order valence-corrected chi connectivity index (χ1v) is 12.5. The van der Waals surface area contributed by atoms with Crippen LogP contribution in [0.4, 0.5) is 17.6 Å². The lowest BCUT2D eigenvalue weighted by atomic mass is 10.1. The van der Waals surface area contributed by atoms with Gasteiger partial charge in [0.1, 0.15) is 12.4 Å². The summed E-state index contributed by atoms with van der Waals surface area (Å²) in [5.41, 5.74) is -0.464. The number of fused-ring (bicyclic) bond motifs is 1. The number of nitrogens with zero attached hydrogens (tertiary/aromatic N) is 3. The van der Waals surface area contributed by atoms with Gasteiger partial charge in [-0.1, -0.05) is 65.7 Å². The second-order valence-electron chi connectivity index (χ2n) is 8.59. The molecule has 0 fully saturated rings. The average Bonchev–Trinajstić information content (AvgIpc) is 2.92. The number of para-hydroxylation sites is 1. The summed E-state index contributed by atoms with van der Waals surface area (Å²) in [4.78, 5) is 17.8. The highest BCUT2D eigenvalue weighted by Gasteiger charge is 2.31. The van der Waals surface area contributed by atoms with E-state index in [1.807, 2.05) is 0 Å². The lowest BCUT2D eigenvalue weighted by Gasteiger charge is -2.13. The molecule has 0 spiro atoms. The van der Waals surface area contributed by atoms with Crippen molar-refractivity contribution in [3.63, 3.8) is 0 Å². The number of alkyl halides is 3. The highest BCUT2D eigenvalue weighted by atomic mass is 35.5. The van der Waals surface area contributed by atoms with Crippen LogP contribution in [-0.2, 0) is 12.8 Å². The molecule has 0 N–H and O–H groups in total. The summed E-state index contributed by atoms with van der Waals surface area (Å²) in [6.45, 7) is -0.113. The summed E-state index contributed by atoms with van der Waals surface area (Å²) in [5.74, 6) is -0.407. The van der Waals surface area contributed by atoms with Gasteiger partial charge in [-0.3, -0.25) is 4.79 Å². The van der Waals surface area contributed by atoms with E-state index in [1.165, 1.54) is 36.5 Å². The van der Waals surface area contributed by atoms with Gasteiger partial charge in [0.15, 0.2) is 11.6 Å². The van der Waals surface area contributed by atoms with E-state index in [-0.39, 0.29) is 39.2 Å². The smallest absolute Gasteiger partial charge is 0.416 e. The van der Waals surface area contributed by atoms with Gasteiger partial charge in [-0.2, -0.15) is 22.9 Å². The number of hydrogen-bond donors (Lipinski definition) is 0. The van der Waals surface area contributed by atoms with Gasteiger partial charge in [-0.15, -0.1) is 0 Å². The SMILES string of the molecule is O=c1c2ccccc2nc(-c2cccc(C(F)(F)F)c2)n1N=Cc1cc(Cl)c(OCc2ccccc2F)c(Cl)c1. The molecule has 1 heterocycles. The Morgan fingerprint density at radius 3 is 2.35 bits per heavy atom. The van der Waals surface area contributed by atoms with Crippen LogP contribution in [0.2, 0.25) is 10.0 Å². The van der Waals surface area contributed by atoms with Gasteiger partial charge in [-0.25, -0.2) is 9.37 Å². The number of ether oxygens (including phenoxy) is 1. The molecule has 0 bridgehead atoms. The summed E-state index contributed by atoms with van der Waals surface area (Å²) >= 11 is 12.7. The fraction of sp³-hybridized carbons (Fsp3) is 0.0690. The van der Waals surface area contributed by atoms with Crippen molar-refractivity contribution in [1.29, 1.82) is 0 Å². The van der Waals surface area contributed by atoms with Crippen LogP contribution in [0.15, 0.2) is 94.8 Å². The maximum Gasteiger partial charge on any atom is 0.416 e. The molecular weight excluding hydrogens is 569 g/mol. The molecule has 0 aliphatic heterocycles. The number of benzene rings is 4. The van der Waals surface area contributed by atoms with Gasteiger partial charge < -0.3 is 4.74 Å². The third-order valence-electron chi connectivity index (χ3n) is 5.87. The molecule has 5 aromatic rings. The first-order chi connectivity index (χ1) is 19.1. The zero-order valence-corrected chi connectivity index (χ0v) is 21.8. The monoisotopic (exact) mass is 585 g/mol. The third-order valence-corrected chi connectivity index (χ3v) is 6.44. The Hall–Kier alpha value is -4.21. The van der Waals surface area contributed by atoms with Crippen LogP contribution in [-0.4, -0.2) is 15.9 Å². The zero-order chi connectivity index (χ0) is 28.4. The fourth-order valence-corrected chi connectivity index (χ4v) is 4.55. The normalized spacial score (nSPS) is 11.8. The van der Waals surface area contributed by atoms with E-state index in [4.69, 9.17) is 27.9 Å². The first kappa shape index (κ1) is 27.4. The van der Waals surface area contributed by atoms with Crippen molar-refractivity contribution in [3.05, 3.63) is 128 Å². The molecule has 0 aliphatic rings. The molecule has 40 heavy (non-hydrogen) atoms. The van der Waals surface area contributed by atoms with Crippen LogP contribution in [0, 0.1) is 5.82 Å². The van der Waals surface area contributed by atoms with E-state index in [1.54, 1.807) is 42.5 Å². The summed E-state index contributed by atoms with van der Waals surface area (Å²) in [6, 6.07) is 19.9. The van der Waals surface area contributed by atoms with Crippen LogP contribution in [0.1, 0.15) is 16.7 Å². The van der Waals surface area contributed by atoms with Crippen LogP contribution in [0.3, 0.4) is 0 Å². The molecule has 4 aromatic carbocycles. The predicted molar refractivity (Wildman–Crippen MR) is 147 cm³/mol. The molecule has 0 saturated carbocycles. The van der Waals surface area contributed by atoms with Crippen LogP contribution < -0.4 is 10.3 Å². The van der Waals surface area contributed by atoms with Gasteiger partial charge >= 0.3 is 6.18 Å². The molecule has 0 amide bonds. The van der Waals surface area contributed by atoms with E-state index >= 15 is 0 Å². The lowest BCUT2D eigenvalue weighted by Crippen LogP contribution is -2.20. The lowest BCUT2D eigenvalue weighted by molar-refractivity contribution is -0.137. The third kappa shape index (κ3) is 5.71. The summed E-state index contributed by atoms with van der Waals surface area (Å²) < 4.78 is 60.7. The molecule has 0 aliphatic carbocycles. The van der Waals surface area contributed by atoms with E-state index in [2.05, 4.69) is 10.1 Å². The summed E-state index contributed by atoms with van der Waals surface area (Å²) in [7, 11) is 0. The minimum atomic E-state index is -4.59. The Bertz CT molecular complexity index is 1800. The standard InChI is InChI=1S/C29H17Cl2F4N3O2/c30-22-12-17(13-23(31)26(22)40-16-19-6-1-3-10-24(19)32)15-36-38-27(18-7-5-8-20(14-18)29(33,34)35)37-25-11-4-2-9-21(25)28(38)39/h1-15H,16H2. The van der Waals surface area contributed by atoms with Gasteiger partial charge in [0.05, 0.1) is 32.7 Å². The Morgan fingerprint density at radius 1 is 0.925 bits per heavy atom. The highest BCUT2D eigenvalue weighted by Crippen LogP contribution is 2.35. The highest BCUT2D eigenvalue weighted by molar-refractivity contribution is 6.37. The zero-order valence-electron chi connectivity index (χ0n) is 20.3. The molecule has 1 aromatic heterocycles. The topological polar surface area (TPSA) is 56.5 Å². The number of halogens is 6. The van der Waals surface area contributed by atoms with Gasteiger partial charge in [-0.05, 0) is 48.0 Å². The van der Waals surface area contributed by atoms with Crippen molar-refractivity contribution < 1.29 is 22.3 Å². The maximum atomic E-state index is 13.9. The van der Waals surface area contributed by atoms with E-state index in [0.29, 0.717) is 16.6 Å². The Morgan fingerprint density at radius 2 is 1.62 bits per heavy atom. The largest absolute Gasteiger partial charge is 0.486 e. The molecule has 0 radical (unpaired) electrons. The summed E-state index contributed by atoms with van der Waals surface area (Å²) in [6.07, 6.45) is -3.32. The molecule has 0 unspecified atom stereocenters. The Labute approximate surface area is 234 Å². The van der Waals surface area contributed by atoms with Gasteiger partial charge in [0.25, 0.3) is 5.56 Å². The molecule has 5 nitrogen and oxygen atoms in total. The first-order valence-electron chi connectivity index (χ1n) is 11.7. The second kappa shape index (κ2) is 11.1. The Kier molecular flexibility index (Phi) is 7.60. The molecule has 0 saturated heterocycles. The van der Waals surface area contributed by atoms with Crippen molar-refractivity contribution in [2.75, 3.05) is 0 Å². The van der Waals surface area contributed by atoms with Crippen LogP contribution in [0.5, 0.6) is 5.75 Å². The van der Waals surface area contributed by atoms with Crippen molar-refractivity contribution in [1.82, 2.24) is 9.66 Å². The minimum absolute atomic E-state index is 0.0442. The predicted octanol–water partition coefficient (Wildman–Crippen LogP) is 7.99. The van der Waals surface area contributed by atoms with E-state index in [0.717, 1.165) is 16.8 Å². The van der Waals surface area contributed by atoms with Crippen molar-refractivity contribution >= 4 is 40.3 Å². The van der Waals surface area contributed by atoms with Crippen molar-refractivity contribution in [3.8, 4) is 17.1 Å². The molecule has 202 valence electrons. The second-order valence-corrected chi connectivity index (χ2v) is 9.40. The number of aromatic nitrogens is 2. The summed E-state index contributed by atoms with van der Waals surface area (Å²) in [5, 5.41) is 4.67. The molecule has 0 atom stereocenters.